The molecule has 0 aliphatic carbocycles. The lowest BCUT2D eigenvalue weighted by Crippen LogP contribution is -2.23. The van der Waals surface area contributed by atoms with Crippen molar-refractivity contribution < 1.29 is 9.66 Å². The molecule has 32 heavy (non-hydrogen) atoms. The normalized spacial score (nSPS) is 12.6. The van der Waals surface area contributed by atoms with Crippen molar-refractivity contribution in [1.29, 1.82) is 0 Å². The van der Waals surface area contributed by atoms with Gasteiger partial charge in [0, 0.05) is 26.5 Å². The highest BCUT2D eigenvalue weighted by Gasteiger charge is 2.22. The first-order valence-corrected chi connectivity index (χ1v) is 11.6. The minimum Gasteiger partial charge on any atom is -0.484 e. The summed E-state index contributed by atoms with van der Waals surface area (Å²) in [6.45, 7) is 7.53. The summed E-state index contributed by atoms with van der Waals surface area (Å²) in [6.07, 6.45) is 1.86. The van der Waals surface area contributed by atoms with Crippen LogP contribution in [0.5, 0.6) is 5.75 Å². The Balaban J connectivity index is 2.25. The summed E-state index contributed by atoms with van der Waals surface area (Å²) < 4.78 is 8.24. The molecule has 0 aliphatic rings. The maximum absolute atomic E-state index is 13.3. The van der Waals surface area contributed by atoms with Crippen LogP contribution in [0.4, 0.5) is 5.69 Å². The van der Waals surface area contributed by atoms with Crippen LogP contribution in [0.25, 0.3) is 10.9 Å². The summed E-state index contributed by atoms with van der Waals surface area (Å²) >= 11 is 6.69. The van der Waals surface area contributed by atoms with Crippen LogP contribution in [0.1, 0.15) is 51.4 Å². The van der Waals surface area contributed by atoms with E-state index in [1.54, 1.807) is 32.0 Å². The van der Waals surface area contributed by atoms with Crippen molar-refractivity contribution >= 4 is 54.7 Å². The number of nitrogens with zero attached hydrogens (tertiary/aromatic N) is 4. The molecule has 1 aromatic heterocycles. The van der Waals surface area contributed by atoms with Gasteiger partial charge in [-0.3, -0.25) is 14.9 Å². The van der Waals surface area contributed by atoms with E-state index in [0.717, 1.165) is 10.9 Å². The fourth-order valence-electron chi connectivity index (χ4n) is 3.09. The van der Waals surface area contributed by atoms with Crippen LogP contribution < -0.4 is 10.3 Å². The molecule has 0 saturated heterocycles. The average molecular weight is 566 g/mol. The highest BCUT2D eigenvalue weighted by atomic mass is 79.9. The third-order valence-corrected chi connectivity index (χ3v) is 5.76. The van der Waals surface area contributed by atoms with Gasteiger partial charge in [-0.25, -0.2) is 4.98 Å². The highest BCUT2D eigenvalue weighted by Crippen LogP contribution is 2.34. The largest absolute Gasteiger partial charge is 0.484 e. The van der Waals surface area contributed by atoms with Crippen LogP contribution in [-0.4, -0.2) is 26.9 Å². The molecule has 0 amide bonds. The lowest BCUT2D eigenvalue weighted by atomic mass is 10.1. The number of benzene rings is 2. The minimum absolute atomic E-state index is 0.0314. The summed E-state index contributed by atoms with van der Waals surface area (Å²) in [5.74, 6) is 0.571. The summed E-state index contributed by atoms with van der Waals surface area (Å²) in [7, 11) is 0. The van der Waals surface area contributed by atoms with Crippen LogP contribution >= 0.6 is 31.9 Å². The quantitative estimate of drug-likeness (QED) is 0.198. The molecule has 0 saturated carbocycles. The zero-order chi connectivity index (χ0) is 23.6. The average Bonchev–Trinajstić information content (AvgIpc) is 2.73. The maximum Gasteiger partial charge on any atom is 0.312 e. The van der Waals surface area contributed by atoms with E-state index in [1.807, 2.05) is 19.9 Å². The Morgan fingerprint density at radius 1 is 1.22 bits per heavy atom. The van der Waals surface area contributed by atoms with Crippen molar-refractivity contribution in [3.63, 3.8) is 0 Å². The molecule has 1 heterocycles. The lowest BCUT2D eigenvalue weighted by Gasteiger charge is -2.15. The van der Waals surface area contributed by atoms with E-state index in [4.69, 9.17) is 4.74 Å². The molecule has 3 rings (SSSR count). The van der Waals surface area contributed by atoms with Gasteiger partial charge in [-0.15, -0.1) is 0 Å². The molecular weight excluding hydrogens is 544 g/mol. The fourth-order valence-corrected chi connectivity index (χ4v) is 3.92. The minimum atomic E-state index is -0.508. The second kappa shape index (κ2) is 9.91. The van der Waals surface area contributed by atoms with Gasteiger partial charge < -0.3 is 4.74 Å². The predicted octanol–water partition coefficient (Wildman–Crippen LogP) is 6.01. The molecule has 0 aliphatic heterocycles. The molecule has 2 aromatic carbocycles. The predicted molar refractivity (Wildman–Crippen MR) is 132 cm³/mol. The van der Waals surface area contributed by atoms with Crippen molar-refractivity contribution in [2.24, 2.45) is 5.10 Å². The zero-order valence-corrected chi connectivity index (χ0v) is 21.2. The van der Waals surface area contributed by atoms with E-state index in [0.29, 0.717) is 26.8 Å². The van der Waals surface area contributed by atoms with Crippen molar-refractivity contribution in [3.05, 3.63) is 71.1 Å². The molecule has 1 atom stereocenters. The van der Waals surface area contributed by atoms with Gasteiger partial charge in [-0.05, 0) is 44.5 Å². The molecule has 168 valence electrons. The fraction of sp³-hybridized carbons (Fsp3) is 0.318. The Hall–Kier alpha value is -2.59. The van der Waals surface area contributed by atoms with Crippen molar-refractivity contribution in [2.75, 3.05) is 0 Å². The molecule has 3 aromatic rings. The summed E-state index contributed by atoms with van der Waals surface area (Å²) in [5.41, 5.74) is 0.446. The van der Waals surface area contributed by atoms with E-state index in [9.17, 15) is 14.9 Å². The molecule has 0 spiro atoms. The van der Waals surface area contributed by atoms with Crippen LogP contribution in [0.15, 0.2) is 49.2 Å². The van der Waals surface area contributed by atoms with E-state index in [2.05, 4.69) is 41.9 Å². The Bertz CT molecular complexity index is 1270. The van der Waals surface area contributed by atoms with Gasteiger partial charge in [0.25, 0.3) is 5.56 Å². The van der Waals surface area contributed by atoms with Crippen LogP contribution in [0.2, 0.25) is 0 Å². The van der Waals surface area contributed by atoms with Crippen molar-refractivity contribution in [3.8, 4) is 5.75 Å². The molecule has 10 heteroatoms. The van der Waals surface area contributed by atoms with E-state index < -0.39 is 4.92 Å². The zero-order valence-electron chi connectivity index (χ0n) is 18.0. The van der Waals surface area contributed by atoms with Gasteiger partial charge >= 0.3 is 5.69 Å². The molecule has 0 radical (unpaired) electrons. The topological polar surface area (TPSA) is 99.6 Å². The van der Waals surface area contributed by atoms with Gasteiger partial charge in [0.05, 0.1) is 28.1 Å². The van der Waals surface area contributed by atoms with Gasteiger partial charge in [-0.2, -0.15) is 9.78 Å². The molecule has 0 fully saturated rings. The van der Waals surface area contributed by atoms with Gasteiger partial charge in [0.1, 0.15) is 5.82 Å². The second-order valence-electron chi connectivity index (χ2n) is 7.57. The number of nitro benzene ring substituents is 1. The third kappa shape index (κ3) is 5.07. The first-order valence-electron chi connectivity index (χ1n) is 10.0. The summed E-state index contributed by atoms with van der Waals surface area (Å²) in [5, 5.41) is 16.4. The second-order valence-corrected chi connectivity index (χ2v) is 9.40. The summed E-state index contributed by atoms with van der Waals surface area (Å²) in [6, 6.07) is 8.36. The number of halogens is 2. The van der Waals surface area contributed by atoms with Crippen LogP contribution in [0, 0.1) is 10.1 Å². The number of hydrogen-bond donors (Lipinski definition) is 0. The van der Waals surface area contributed by atoms with Crippen molar-refractivity contribution in [1.82, 2.24) is 9.66 Å². The summed E-state index contributed by atoms with van der Waals surface area (Å²) in [4.78, 5) is 29.0. The smallest absolute Gasteiger partial charge is 0.312 e. The van der Waals surface area contributed by atoms with Crippen LogP contribution in [0.3, 0.4) is 0 Å². The Kier molecular flexibility index (Phi) is 7.45. The SMILES string of the molecule is CC[C@H](C)c1nc2ccc(Br)cc2c(=O)n1N=Cc1cc(Br)cc([N+](=O)[O-])c1OC(C)C. The third-order valence-electron chi connectivity index (χ3n) is 4.81. The van der Waals surface area contributed by atoms with Crippen LogP contribution in [-0.2, 0) is 0 Å². The molecule has 0 unspecified atom stereocenters. The number of rotatable bonds is 7. The van der Waals surface area contributed by atoms with E-state index in [1.165, 1.54) is 17.0 Å². The number of hydrogen-bond acceptors (Lipinski definition) is 6. The highest BCUT2D eigenvalue weighted by molar-refractivity contribution is 9.10. The molecular formula is C22H22Br2N4O4. The maximum atomic E-state index is 13.3. The molecule has 0 bridgehead atoms. The van der Waals surface area contributed by atoms with Gasteiger partial charge in [0.15, 0.2) is 0 Å². The van der Waals surface area contributed by atoms with Gasteiger partial charge in [-0.1, -0.05) is 45.7 Å². The van der Waals surface area contributed by atoms with Crippen molar-refractivity contribution in [2.45, 2.75) is 46.1 Å². The Labute approximate surface area is 201 Å². The number of nitro groups is 1. The number of fused-ring (bicyclic) bond motifs is 1. The Morgan fingerprint density at radius 3 is 2.56 bits per heavy atom. The number of aromatic nitrogens is 2. The first kappa shape index (κ1) is 24.1. The molecule has 8 nitrogen and oxygen atoms in total. The van der Waals surface area contributed by atoms with E-state index >= 15 is 0 Å². The monoisotopic (exact) mass is 564 g/mol. The van der Waals surface area contributed by atoms with E-state index in [-0.39, 0.29) is 29.0 Å². The number of ether oxygens (including phenoxy) is 1. The molecule has 0 N–H and O–H groups in total. The lowest BCUT2D eigenvalue weighted by molar-refractivity contribution is -0.386. The standard InChI is InChI=1S/C22H22Br2N4O4/c1-5-13(4)21-26-18-7-6-15(23)9-17(18)22(29)27(21)25-11-14-8-16(24)10-19(28(30)31)20(14)32-12(2)3/h6-13H,5H2,1-4H3/t13-/m0/s1. The first-order chi connectivity index (χ1) is 15.1. The Morgan fingerprint density at radius 2 is 1.94 bits per heavy atom. The van der Waals surface area contributed by atoms with Gasteiger partial charge in [0.2, 0.25) is 5.75 Å².